The van der Waals surface area contributed by atoms with Gasteiger partial charge >= 0.3 is 0 Å². The molecule has 1 aliphatic rings. The first-order valence-electron chi connectivity index (χ1n) is 5.77. The van der Waals surface area contributed by atoms with Gasteiger partial charge in [0.15, 0.2) is 0 Å². The lowest BCUT2D eigenvalue weighted by molar-refractivity contribution is 0.298. The van der Waals surface area contributed by atoms with Crippen LogP contribution in [0.5, 0.6) is 17.4 Å². The summed E-state index contributed by atoms with van der Waals surface area (Å²) in [5.74, 6) is 2.36. The molecule has 1 N–H and O–H groups in total. The standard InChI is InChI=1S/C12H12ClN3O2/c13-10-4-3-9(18-12-6-14-16-15-12)5-11(10)17-7-8-1-2-8/h3-6,8H,1-2,7H2,(H,14,15,16). The fourth-order valence-corrected chi connectivity index (χ4v) is 1.68. The second-order valence-electron chi connectivity index (χ2n) is 4.26. The van der Waals surface area contributed by atoms with Crippen LogP contribution in [0, 0.1) is 5.92 Å². The van der Waals surface area contributed by atoms with E-state index in [1.807, 2.05) is 0 Å². The van der Waals surface area contributed by atoms with Crippen molar-refractivity contribution >= 4 is 11.6 Å². The molecular weight excluding hydrogens is 254 g/mol. The van der Waals surface area contributed by atoms with E-state index in [0.717, 1.165) is 0 Å². The average Bonchev–Trinajstić information content (AvgIpc) is 3.07. The number of aromatic amines is 1. The topological polar surface area (TPSA) is 60.0 Å². The Hall–Kier alpha value is -1.75. The summed E-state index contributed by atoms with van der Waals surface area (Å²) in [5.41, 5.74) is 0. The molecule has 1 aromatic heterocycles. The Kier molecular flexibility index (Phi) is 3.06. The summed E-state index contributed by atoms with van der Waals surface area (Å²) in [6.07, 6.45) is 3.98. The maximum Gasteiger partial charge on any atom is 0.258 e. The molecule has 1 fully saturated rings. The Morgan fingerprint density at radius 3 is 3.00 bits per heavy atom. The van der Waals surface area contributed by atoms with Crippen molar-refractivity contribution in [3.8, 4) is 17.4 Å². The van der Waals surface area contributed by atoms with E-state index in [9.17, 15) is 0 Å². The lowest BCUT2D eigenvalue weighted by Crippen LogP contribution is -1.99. The minimum atomic E-state index is 0.408. The van der Waals surface area contributed by atoms with E-state index >= 15 is 0 Å². The number of nitrogens with zero attached hydrogens (tertiary/aromatic N) is 2. The number of benzene rings is 1. The van der Waals surface area contributed by atoms with E-state index in [2.05, 4.69) is 15.4 Å². The summed E-state index contributed by atoms with van der Waals surface area (Å²) >= 11 is 6.07. The first-order chi connectivity index (χ1) is 8.81. The van der Waals surface area contributed by atoms with Crippen molar-refractivity contribution < 1.29 is 9.47 Å². The number of aromatic nitrogens is 3. The van der Waals surface area contributed by atoms with Gasteiger partial charge in [0.2, 0.25) is 0 Å². The van der Waals surface area contributed by atoms with Gasteiger partial charge in [-0.3, -0.25) is 0 Å². The molecule has 0 amide bonds. The highest BCUT2D eigenvalue weighted by Crippen LogP contribution is 2.34. The Balaban J connectivity index is 1.72. The fraction of sp³-hybridized carbons (Fsp3) is 0.333. The molecule has 0 spiro atoms. The third kappa shape index (κ3) is 2.73. The van der Waals surface area contributed by atoms with E-state index in [-0.39, 0.29) is 0 Å². The zero-order valence-electron chi connectivity index (χ0n) is 9.60. The van der Waals surface area contributed by atoms with Gasteiger partial charge in [-0.1, -0.05) is 11.6 Å². The highest BCUT2D eigenvalue weighted by molar-refractivity contribution is 6.32. The second-order valence-corrected chi connectivity index (χ2v) is 4.66. The summed E-state index contributed by atoms with van der Waals surface area (Å²) in [5, 5.41) is 10.6. The van der Waals surface area contributed by atoms with Crippen molar-refractivity contribution in [3.63, 3.8) is 0 Å². The Morgan fingerprint density at radius 2 is 2.28 bits per heavy atom. The molecule has 0 saturated heterocycles. The molecule has 1 heterocycles. The lowest BCUT2D eigenvalue weighted by atomic mass is 10.3. The molecule has 0 aliphatic heterocycles. The molecule has 0 radical (unpaired) electrons. The summed E-state index contributed by atoms with van der Waals surface area (Å²) in [6.45, 7) is 0.715. The maximum absolute atomic E-state index is 6.07. The predicted molar refractivity (Wildman–Crippen MR) is 66.1 cm³/mol. The Morgan fingerprint density at radius 1 is 1.39 bits per heavy atom. The third-order valence-electron chi connectivity index (χ3n) is 2.69. The highest BCUT2D eigenvalue weighted by atomic mass is 35.5. The van der Waals surface area contributed by atoms with Gasteiger partial charge in [-0.05, 0) is 30.9 Å². The van der Waals surface area contributed by atoms with Gasteiger partial charge in [0.25, 0.3) is 5.88 Å². The van der Waals surface area contributed by atoms with Crippen LogP contribution < -0.4 is 9.47 Å². The first-order valence-corrected chi connectivity index (χ1v) is 6.15. The molecule has 2 aromatic rings. The molecule has 1 aromatic carbocycles. The monoisotopic (exact) mass is 265 g/mol. The van der Waals surface area contributed by atoms with Crippen molar-refractivity contribution in [2.24, 2.45) is 5.92 Å². The number of nitrogens with one attached hydrogen (secondary N) is 1. The van der Waals surface area contributed by atoms with E-state index in [4.69, 9.17) is 21.1 Å². The van der Waals surface area contributed by atoms with Crippen molar-refractivity contribution in [2.45, 2.75) is 12.8 Å². The molecule has 1 saturated carbocycles. The third-order valence-corrected chi connectivity index (χ3v) is 3.00. The van der Waals surface area contributed by atoms with E-state index in [1.165, 1.54) is 19.0 Å². The normalized spacial score (nSPS) is 14.5. The highest BCUT2D eigenvalue weighted by Gasteiger charge is 2.22. The number of hydrogen-bond acceptors (Lipinski definition) is 4. The van der Waals surface area contributed by atoms with E-state index < -0.39 is 0 Å². The number of H-pyrrole nitrogens is 1. The molecule has 1 aliphatic carbocycles. The van der Waals surface area contributed by atoms with Crippen molar-refractivity contribution in [1.82, 2.24) is 15.4 Å². The number of rotatable bonds is 5. The van der Waals surface area contributed by atoms with Gasteiger partial charge in [0, 0.05) is 6.07 Å². The molecule has 0 unspecified atom stereocenters. The maximum atomic E-state index is 6.07. The minimum absolute atomic E-state index is 0.408. The number of hydrogen-bond donors (Lipinski definition) is 1. The smallest absolute Gasteiger partial charge is 0.258 e. The van der Waals surface area contributed by atoms with Crippen LogP contribution >= 0.6 is 11.6 Å². The number of ether oxygens (including phenoxy) is 2. The zero-order chi connectivity index (χ0) is 12.4. The molecule has 3 rings (SSSR count). The summed E-state index contributed by atoms with van der Waals surface area (Å²) in [7, 11) is 0. The van der Waals surface area contributed by atoms with Crippen molar-refractivity contribution in [2.75, 3.05) is 6.61 Å². The lowest BCUT2D eigenvalue weighted by Gasteiger charge is -2.09. The molecule has 0 bridgehead atoms. The summed E-state index contributed by atoms with van der Waals surface area (Å²) < 4.78 is 11.2. The molecule has 94 valence electrons. The van der Waals surface area contributed by atoms with Crippen molar-refractivity contribution in [3.05, 3.63) is 29.4 Å². The van der Waals surface area contributed by atoms with Gasteiger partial charge in [-0.25, -0.2) is 0 Å². The zero-order valence-corrected chi connectivity index (χ0v) is 10.4. The molecule has 18 heavy (non-hydrogen) atoms. The van der Waals surface area contributed by atoms with Crippen LogP contribution in [0.25, 0.3) is 0 Å². The summed E-state index contributed by atoms with van der Waals surface area (Å²) in [4.78, 5) is 0. The van der Waals surface area contributed by atoms with Gasteiger partial charge in [0.05, 0.1) is 11.6 Å². The minimum Gasteiger partial charge on any atom is -0.492 e. The fourth-order valence-electron chi connectivity index (χ4n) is 1.51. The Labute approximate surface area is 109 Å². The SMILES string of the molecule is Clc1ccc(Oc2cn[nH]n2)cc1OCC1CC1. The predicted octanol–water partition coefficient (Wildman–Crippen LogP) is 3.04. The van der Waals surface area contributed by atoms with Gasteiger partial charge < -0.3 is 9.47 Å². The molecule has 6 heteroatoms. The molecule has 5 nitrogen and oxygen atoms in total. The largest absolute Gasteiger partial charge is 0.492 e. The molecular formula is C12H12ClN3O2. The van der Waals surface area contributed by atoms with Crippen LogP contribution in [0.2, 0.25) is 5.02 Å². The van der Waals surface area contributed by atoms with Crippen molar-refractivity contribution in [1.29, 1.82) is 0 Å². The quantitative estimate of drug-likeness (QED) is 0.903. The van der Waals surface area contributed by atoms with E-state index in [1.54, 1.807) is 18.2 Å². The number of halogens is 1. The van der Waals surface area contributed by atoms with E-state index in [0.29, 0.717) is 34.9 Å². The second kappa shape index (κ2) is 4.86. The van der Waals surface area contributed by atoms with Crippen LogP contribution in [0.1, 0.15) is 12.8 Å². The van der Waals surface area contributed by atoms with Gasteiger partial charge in [-0.2, -0.15) is 10.3 Å². The van der Waals surface area contributed by atoms with Crippen LogP contribution in [-0.4, -0.2) is 22.0 Å². The Bertz CT molecular complexity index is 526. The van der Waals surface area contributed by atoms with Crippen LogP contribution in [0.15, 0.2) is 24.4 Å². The molecule has 0 atom stereocenters. The average molecular weight is 266 g/mol. The van der Waals surface area contributed by atoms with Crippen LogP contribution in [0.4, 0.5) is 0 Å². The van der Waals surface area contributed by atoms with Crippen LogP contribution in [0.3, 0.4) is 0 Å². The van der Waals surface area contributed by atoms with Gasteiger partial charge in [0.1, 0.15) is 17.7 Å². The first kappa shape index (κ1) is 11.3. The van der Waals surface area contributed by atoms with Crippen LogP contribution in [-0.2, 0) is 0 Å². The van der Waals surface area contributed by atoms with Gasteiger partial charge in [-0.15, -0.1) is 5.10 Å². The summed E-state index contributed by atoms with van der Waals surface area (Å²) in [6, 6.07) is 5.28.